The third kappa shape index (κ3) is 4.35. The molecule has 0 spiro atoms. The number of rotatable bonds is 6. The van der Waals surface area contributed by atoms with Gasteiger partial charge in [0.15, 0.2) is 0 Å². The molecule has 5 nitrogen and oxygen atoms in total. The number of aryl methyl sites for hydroxylation is 1. The van der Waals surface area contributed by atoms with Gasteiger partial charge >= 0.3 is 0 Å². The second kappa shape index (κ2) is 6.70. The van der Waals surface area contributed by atoms with E-state index in [-0.39, 0.29) is 0 Å². The Bertz CT molecular complexity index is 381. The SMILES string of the molecule is Cc1cc(NCCCN(C)C2CCCC2)nc(N)n1. The molecule has 106 valence electrons. The molecule has 1 fully saturated rings. The Morgan fingerprint density at radius 2 is 2.11 bits per heavy atom. The summed E-state index contributed by atoms with van der Waals surface area (Å²) in [5, 5.41) is 3.31. The topological polar surface area (TPSA) is 67.1 Å². The van der Waals surface area contributed by atoms with Crippen LogP contribution in [-0.2, 0) is 0 Å². The lowest BCUT2D eigenvalue weighted by Gasteiger charge is -2.23. The first-order valence-electron chi connectivity index (χ1n) is 7.20. The molecular weight excluding hydrogens is 238 g/mol. The molecule has 0 aromatic carbocycles. The van der Waals surface area contributed by atoms with Crippen molar-refractivity contribution in [2.45, 2.75) is 45.1 Å². The molecule has 1 aliphatic carbocycles. The predicted molar refractivity (Wildman–Crippen MR) is 79.2 cm³/mol. The van der Waals surface area contributed by atoms with E-state index in [2.05, 4.69) is 27.2 Å². The Balaban J connectivity index is 1.68. The van der Waals surface area contributed by atoms with Gasteiger partial charge in [-0.1, -0.05) is 12.8 Å². The molecular formula is C14H25N5. The summed E-state index contributed by atoms with van der Waals surface area (Å²) in [6, 6.07) is 2.73. The van der Waals surface area contributed by atoms with Crippen molar-refractivity contribution < 1.29 is 0 Å². The first-order chi connectivity index (χ1) is 9.15. The van der Waals surface area contributed by atoms with Crippen molar-refractivity contribution in [3.05, 3.63) is 11.8 Å². The van der Waals surface area contributed by atoms with Crippen LogP contribution in [-0.4, -0.2) is 41.0 Å². The summed E-state index contributed by atoms with van der Waals surface area (Å²) in [7, 11) is 2.24. The summed E-state index contributed by atoms with van der Waals surface area (Å²) in [4.78, 5) is 10.7. The fourth-order valence-electron chi connectivity index (χ4n) is 2.75. The number of nitrogens with two attached hydrogens (primary N) is 1. The summed E-state index contributed by atoms with van der Waals surface area (Å²) in [6.07, 6.45) is 6.65. The third-order valence-corrected chi connectivity index (χ3v) is 3.81. The largest absolute Gasteiger partial charge is 0.370 e. The van der Waals surface area contributed by atoms with Crippen molar-refractivity contribution in [1.82, 2.24) is 14.9 Å². The van der Waals surface area contributed by atoms with Crippen molar-refractivity contribution in [3.8, 4) is 0 Å². The van der Waals surface area contributed by atoms with Gasteiger partial charge in [-0.25, -0.2) is 4.98 Å². The van der Waals surface area contributed by atoms with Gasteiger partial charge in [-0.15, -0.1) is 0 Å². The van der Waals surface area contributed by atoms with Gasteiger partial charge in [-0.05, 0) is 39.8 Å². The number of aromatic nitrogens is 2. The summed E-state index contributed by atoms with van der Waals surface area (Å²) >= 11 is 0. The molecule has 1 aromatic heterocycles. The summed E-state index contributed by atoms with van der Waals surface area (Å²) in [5.74, 6) is 1.17. The maximum absolute atomic E-state index is 5.62. The lowest BCUT2D eigenvalue weighted by molar-refractivity contribution is 0.245. The highest BCUT2D eigenvalue weighted by Gasteiger charge is 2.18. The molecule has 0 aliphatic heterocycles. The summed E-state index contributed by atoms with van der Waals surface area (Å²) in [5.41, 5.74) is 6.53. The molecule has 0 atom stereocenters. The average molecular weight is 263 g/mol. The van der Waals surface area contributed by atoms with E-state index >= 15 is 0 Å². The summed E-state index contributed by atoms with van der Waals surface area (Å²) < 4.78 is 0. The number of nitrogen functional groups attached to an aromatic ring is 1. The Morgan fingerprint density at radius 1 is 1.37 bits per heavy atom. The van der Waals surface area contributed by atoms with Gasteiger partial charge in [0, 0.05) is 24.3 Å². The second-order valence-corrected chi connectivity index (χ2v) is 5.45. The van der Waals surface area contributed by atoms with Crippen LogP contribution in [0.25, 0.3) is 0 Å². The smallest absolute Gasteiger partial charge is 0.222 e. The average Bonchev–Trinajstić information content (AvgIpc) is 2.87. The molecule has 5 heteroatoms. The van der Waals surface area contributed by atoms with Gasteiger partial charge in [0.2, 0.25) is 5.95 Å². The van der Waals surface area contributed by atoms with Gasteiger partial charge in [-0.2, -0.15) is 4.98 Å². The molecule has 0 bridgehead atoms. The van der Waals surface area contributed by atoms with E-state index < -0.39 is 0 Å². The molecule has 1 saturated carbocycles. The van der Waals surface area contributed by atoms with Crippen LogP contribution in [0.1, 0.15) is 37.8 Å². The lowest BCUT2D eigenvalue weighted by Crippen LogP contribution is -2.31. The number of hydrogen-bond acceptors (Lipinski definition) is 5. The number of hydrogen-bond donors (Lipinski definition) is 2. The monoisotopic (exact) mass is 263 g/mol. The van der Waals surface area contributed by atoms with E-state index in [1.807, 2.05) is 13.0 Å². The number of nitrogens with one attached hydrogen (secondary N) is 1. The quantitative estimate of drug-likeness (QED) is 0.769. The minimum atomic E-state index is 0.338. The molecule has 1 aliphatic rings. The molecule has 0 unspecified atom stereocenters. The van der Waals surface area contributed by atoms with Crippen LogP contribution in [0.15, 0.2) is 6.07 Å². The minimum Gasteiger partial charge on any atom is -0.370 e. The number of nitrogens with zero attached hydrogens (tertiary/aromatic N) is 3. The summed E-state index contributed by atoms with van der Waals surface area (Å²) in [6.45, 7) is 3.99. The Kier molecular flexibility index (Phi) is 4.96. The van der Waals surface area contributed by atoms with E-state index in [1.54, 1.807) is 0 Å². The van der Waals surface area contributed by atoms with Crippen molar-refractivity contribution >= 4 is 11.8 Å². The van der Waals surface area contributed by atoms with Crippen LogP contribution in [0.5, 0.6) is 0 Å². The fourth-order valence-corrected chi connectivity index (χ4v) is 2.75. The first-order valence-corrected chi connectivity index (χ1v) is 7.20. The third-order valence-electron chi connectivity index (χ3n) is 3.81. The zero-order valence-electron chi connectivity index (χ0n) is 12.0. The van der Waals surface area contributed by atoms with E-state index in [4.69, 9.17) is 5.73 Å². The Labute approximate surface area is 115 Å². The molecule has 0 saturated heterocycles. The molecule has 1 heterocycles. The van der Waals surface area contributed by atoms with Gasteiger partial charge in [0.25, 0.3) is 0 Å². The fraction of sp³-hybridized carbons (Fsp3) is 0.714. The molecule has 1 aromatic rings. The molecule has 0 radical (unpaired) electrons. The zero-order chi connectivity index (χ0) is 13.7. The van der Waals surface area contributed by atoms with Gasteiger partial charge < -0.3 is 16.0 Å². The highest BCUT2D eigenvalue weighted by molar-refractivity contribution is 5.39. The van der Waals surface area contributed by atoms with Crippen molar-refractivity contribution in [1.29, 1.82) is 0 Å². The minimum absolute atomic E-state index is 0.338. The molecule has 0 amide bonds. The van der Waals surface area contributed by atoms with Crippen LogP contribution < -0.4 is 11.1 Å². The second-order valence-electron chi connectivity index (χ2n) is 5.45. The Morgan fingerprint density at radius 3 is 2.79 bits per heavy atom. The van der Waals surface area contributed by atoms with Gasteiger partial charge in [0.1, 0.15) is 5.82 Å². The molecule has 3 N–H and O–H groups in total. The van der Waals surface area contributed by atoms with Crippen molar-refractivity contribution in [2.75, 3.05) is 31.2 Å². The first kappa shape index (κ1) is 14.1. The van der Waals surface area contributed by atoms with Crippen LogP contribution >= 0.6 is 0 Å². The van der Waals surface area contributed by atoms with Crippen LogP contribution in [0.4, 0.5) is 11.8 Å². The van der Waals surface area contributed by atoms with E-state index in [0.29, 0.717) is 5.95 Å². The molecule has 19 heavy (non-hydrogen) atoms. The van der Waals surface area contributed by atoms with E-state index in [0.717, 1.165) is 37.1 Å². The normalized spacial score (nSPS) is 16.2. The maximum Gasteiger partial charge on any atom is 0.222 e. The van der Waals surface area contributed by atoms with Gasteiger partial charge in [0.05, 0.1) is 0 Å². The van der Waals surface area contributed by atoms with Crippen molar-refractivity contribution in [3.63, 3.8) is 0 Å². The van der Waals surface area contributed by atoms with E-state index in [1.165, 1.54) is 25.7 Å². The highest BCUT2D eigenvalue weighted by Crippen LogP contribution is 2.22. The van der Waals surface area contributed by atoms with Crippen LogP contribution in [0.2, 0.25) is 0 Å². The van der Waals surface area contributed by atoms with Crippen molar-refractivity contribution in [2.24, 2.45) is 0 Å². The Hall–Kier alpha value is -1.36. The maximum atomic E-state index is 5.62. The van der Waals surface area contributed by atoms with E-state index in [9.17, 15) is 0 Å². The van der Waals surface area contributed by atoms with Gasteiger partial charge in [-0.3, -0.25) is 0 Å². The predicted octanol–water partition coefficient (Wildman–Crippen LogP) is 2.04. The lowest BCUT2D eigenvalue weighted by atomic mass is 10.2. The highest BCUT2D eigenvalue weighted by atomic mass is 15.1. The number of anilines is 2. The molecule has 2 rings (SSSR count). The zero-order valence-corrected chi connectivity index (χ0v) is 12.0. The standard InChI is InChI=1S/C14H25N5/c1-11-10-13(18-14(15)17-11)16-8-5-9-19(2)12-6-3-4-7-12/h10,12H,3-9H2,1-2H3,(H3,15,16,17,18). The van der Waals surface area contributed by atoms with Crippen LogP contribution in [0, 0.1) is 6.92 Å². The van der Waals surface area contributed by atoms with Crippen LogP contribution in [0.3, 0.4) is 0 Å².